The van der Waals surface area contributed by atoms with Crippen LogP contribution in [0.4, 0.5) is 0 Å². The van der Waals surface area contributed by atoms with E-state index in [1.807, 2.05) is 6.92 Å². The lowest BCUT2D eigenvalue weighted by Crippen LogP contribution is -2.52. The van der Waals surface area contributed by atoms with Crippen molar-refractivity contribution in [2.45, 2.75) is 39.0 Å². The van der Waals surface area contributed by atoms with Crippen LogP contribution < -0.4 is 0 Å². The molecule has 0 amide bonds. The summed E-state index contributed by atoms with van der Waals surface area (Å²) in [7, 11) is 0. The van der Waals surface area contributed by atoms with Gasteiger partial charge in [0.05, 0.1) is 6.61 Å². The van der Waals surface area contributed by atoms with Crippen molar-refractivity contribution < 1.29 is 9.47 Å². The Hall–Kier alpha value is -0.800. The molecular formula is C12H19NO2. The van der Waals surface area contributed by atoms with E-state index in [0.29, 0.717) is 6.61 Å². The second-order valence-corrected chi connectivity index (χ2v) is 4.16. The fourth-order valence-corrected chi connectivity index (χ4v) is 2.20. The number of aromatic nitrogens is 1. The molecule has 84 valence electrons. The summed E-state index contributed by atoms with van der Waals surface area (Å²) in [5.74, 6) is 0. The first-order valence-corrected chi connectivity index (χ1v) is 5.62. The fourth-order valence-electron chi connectivity index (χ4n) is 2.20. The quantitative estimate of drug-likeness (QED) is 0.760. The third-order valence-corrected chi connectivity index (χ3v) is 3.04. The first kappa shape index (κ1) is 10.7. The first-order valence-electron chi connectivity index (χ1n) is 5.62. The van der Waals surface area contributed by atoms with Crippen LogP contribution in [0.2, 0.25) is 0 Å². The predicted octanol–water partition coefficient (Wildman–Crippen LogP) is 2.37. The van der Waals surface area contributed by atoms with Crippen LogP contribution in [-0.2, 0) is 16.0 Å². The highest BCUT2D eigenvalue weighted by Gasteiger charge is 2.47. The minimum Gasteiger partial charge on any atom is -0.370 e. The molecule has 3 heteroatoms. The fraction of sp³-hybridized carbons (Fsp3) is 0.667. The van der Waals surface area contributed by atoms with Crippen LogP contribution in [0.1, 0.15) is 32.6 Å². The Bertz CT molecular complexity index is 334. The van der Waals surface area contributed by atoms with Gasteiger partial charge in [-0.1, -0.05) is 0 Å². The Morgan fingerprint density at radius 3 is 2.93 bits per heavy atom. The van der Waals surface area contributed by atoms with Crippen LogP contribution in [0.5, 0.6) is 0 Å². The van der Waals surface area contributed by atoms with Gasteiger partial charge in [0.2, 0.25) is 0 Å². The van der Waals surface area contributed by atoms with Gasteiger partial charge in [-0.3, -0.25) is 0 Å². The molecule has 0 bridgehead atoms. The first-order chi connectivity index (χ1) is 7.21. The molecule has 1 aromatic heterocycles. The lowest BCUT2D eigenvalue weighted by atomic mass is 9.91. The molecule has 1 aliphatic heterocycles. The number of hydrogen-bond donors (Lipinski definition) is 0. The average Bonchev–Trinajstić information content (AvgIpc) is 2.64. The topological polar surface area (TPSA) is 23.4 Å². The maximum atomic E-state index is 5.76. The molecule has 2 heterocycles. The molecule has 0 spiro atoms. The van der Waals surface area contributed by atoms with Crippen LogP contribution in [0.3, 0.4) is 0 Å². The van der Waals surface area contributed by atoms with Gasteiger partial charge in [-0.15, -0.1) is 0 Å². The molecule has 15 heavy (non-hydrogen) atoms. The third-order valence-electron chi connectivity index (χ3n) is 3.04. The highest BCUT2D eigenvalue weighted by Crippen LogP contribution is 2.41. The molecule has 0 radical (unpaired) electrons. The normalized spacial score (nSPS) is 30.2. The summed E-state index contributed by atoms with van der Waals surface area (Å²) in [6.07, 6.45) is 2.18. The second kappa shape index (κ2) is 3.99. The molecule has 0 N–H and O–H groups in total. The molecule has 0 aromatic carbocycles. The molecule has 2 rings (SSSR count). The maximum Gasteiger partial charge on any atom is 0.128 e. The summed E-state index contributed by atoms with van der Waals surface area (Å²) >= 11 is 0. The number of rotatable bonds is 4. The Kier molecular flexibility index (Phi) is 2.85. The SMILES string of the molecule is CCOC1(C)COC1c1cccn1CC. The van der Waals surface area contributed by atoms with Gasteiger partial charge in [-0.25, -0.2) is 0 Å². The Morgan fingerprint density at radius 1 is 1.60 bits per heavy atom. The molecule has 2 atom stereocenters. The summed E-state index contributed by atoms with van der Waals surface area (Å²) in [6, 6.07) is 4.18. The lowest BCUT2D eigenvalue weighted by Gasteiger charge is -2.46. The number of aryl methyl sites for hydroxylation is 1. The van der Waals surface area contributed by atoms with Gasteiger partial charge in [0.25, 0.3) is 0 Å². The highest BCUT2D eigenvalue weighted by atomic mass is 16.6. The highest BCUT2D eigenvalue weighted by molar-refractivity contribution is 5.17. The van der Waals surface area contributed by atoms with Crippen molar-refractivity contribution >= 4 is 0 Å². The minimum absolute atomic E-state index is 0.0902. The van der Waals surface area contributed by atoms with Crippen molar-refractivity contribution in [2.75, 3.05) is 13.2 Å². The van der Waals surface area contributed by atoms with E-state index in [-0.39, 0.29) is 11.7 Å². The summed E-state index contributed by atoms with van der Waals surface area (Å²) < 4.78 is 13.6. The predicted molar refractivity (Wildman–Crippen MR) is 58.8 cm³/mol. The number of hydrogen-bond acceptors (Lipinski definition) is 2. The molecule has 2 unspecified atom stereocenters. The van der Waals surface area contributed by atoms with E-state index in [1.54, 1.807) is 0 Å². The molecule has 1 aromatic rings. The molecule has 3 nitrogen and oxygen atoms in total. The zero-order valence-electron chi connectivity index (χ0n) is 9.69. The van der Waals surface area contributed by atoms with Gasteiger partial charge in [0.15, 0.2) is 0 Å². The van der Waals surface area contributed by atoms with E-state index in [1.165, 1.54) is 5.69 Å². The summed E-state index contributed by atoms with van der Waals surface area (Å²) in [6.45, 7) is 8.70. The van der Waals surface area contributed by atoms with Crippen molar-refractivity contribution in [3.63, 3.8) is 0 Å². The van der Waals surface area contributed by atoms with Crippen LogP contribution in [-0.4, -0.2) is 23.4 Å². The Balaban J connectivity index is 2.18. The monoisotopic (exact) mass is 209 g/mol. The van der Waals surface area contributed by atoms with Gasteiger partial charge in [0.1, 0.15) is 11.7 Å². The van der Waals surface area contributed by atoms with Gasteiger partial charge in [0, 0.05) is 25.0 Å². The molecule has 0 saturated carbocycles. The largest absolute Gasteiger partial charge is 0.370 e. The minimum atomic E-state index is -0.139. The molecule has 0 aliphatic carbocycles. The van der Waals surface area contributed by atoms with Gasteiger partial charge in [-0.05, 0) is 32.9 Å². The van der Waals surface area contributed by atoms with E-state index in [9.17, 15) is 0 Å². The van der Waals surface area contributed by atoms with Gasteiger partial charge in [-0.2, -0.15) is 0 Å². The Labute approximate surface area is 91.0 Å². The van der Waals surface area contributed by atoms with E-state index < -0.39 is 0 Å². The molecule has 1 saturated heterocycles. The summed E-state index contributed by atoms with van der Waals surface area (Å²) in [5.41, 5.74) is 1.08. The van der Waals surface area contributed by atoms with Gasteiger partial charge < -0.3 is 14.0 Å². The van der Waals surface area contributed by atoms with E-state index >= 15 is 0 Å². The average molecular weight is 209 g/mol. The second-order valence-electron chi connectivity index (χ2n) is 4.16. The molecule has 1 fully saturated rings. The number of ether oxygens (including phenoxy) is 2. The Morgan fingerprint density at radius 2 is 2.40 bits per heavy atom. The van der Waals surface area contributed by atoms with Crippen LogP contribution in [0.15, 0.2) is 18.3 Å². The van der Waals surface area contributed by atoms with Crippen LogP contribution >= 0.6 is 0 Å². The smallest absolute Gasteiger partial charge is 0.128 e. The van der Waals surface area contributed by atoms with E-state index in [0.717, 1.165) is 13.2 Å². The molecule has 1 aliphatic rings. The van der Waals surface area contributed by atoms with Gasteiger partial charge >= 0.3 is 0 Å². The van der Waals surface area contributed by atoms with Crippen LogP contribution in [0.25, 0.3) is 0 Å². The van der Waals surface area contributed by atoms with E-state index in [2.05, 4.69) is 36.7 Å². The maximum absolute atomic E-state index is 5.76. The zero-order chi connectivity index (χ0) is 10.9. The zero-order valence-corrected chi connectivity index (χ0v) is 9.69. The van der Waals surface area contributed by atoms with E-state index in [4.69, 9.17) is 9.47 Å². The van der Waals surface area contributed by atoms with Crippen molar-refractivity contribution in [2.24, 2.45) is 0 Å². The lowest BCUT2D eigenvalue weighted by molar-refractivity contribution is -0.256. The van der Waals surface area contributed by atoms with Crippen molar-refractivity contribution in [1.29, 1.82) is 0 Å². The van der Waals surface area contributed by atoms with Crippen molar-refractivity contribution in [3.8, 4) is 0 Å². The summed E-state index contributed by atoms with van der Waals surface area (Å²) in [4.78, 5) is 0. The summed E-state index contributed by atoms with van der Waals surface area (Å²) in [5, 5.41) is 0. The third kappa shape index (κ3) is 1.70. The van der Waals surface area contributed by atoms with Crippen molar-refractivity contribution in [1.82, 2.24) is 4.57 Å². The molecular weight excluding hydrogens is 190 g/mol. The van der Waals surface area contributed by atoms with Crippen molar-refractivity contribution in [3.05, 3.63) is 24.0 Å². The standard InChI is InChI=1S/C12H19NO2/c1-4-13-8-6-7-10(13)11-12(3,9-14-11)15-5-2/h6-8,11H,4-5,9H2,1-3H3. The van der Waals surface area contributed by atoms with Crippen LogP contribution in [0, 0.1) is 0 Å². The number of nitrogens with zero attached hydrogens (tertiary/aromatic N) is 1.